The van der Waals surface area contributed by atoms with E-state index >= 15 is 0 Å². The van der Waals surface area contributed by atoms with E-state index in [9.17, 15) is 14.0 Å². The summed E-state index contributed by atoms with van der Waals surface area (Å²) in [6.07, 6.45) is 1.39. The number of rotatable bonds is 10. The first-order valence-corrected chi connectivity index (χ1v) is 13.8. The molecule has 3 aromatic rings. The van der Waals surface area contributed by atoms with Gasteiger partial charge in [0.2, 0.25) is 10.7 Å². The summed E-state index contributed by atoms with van der Waals surface area (Å²) in [5.74, 6) is 1.04. The summed E-state index contributed by atoms with van der Waals surface area (Å²) in [4.78, 5) is 34.7. The van der Waals surface area contributed by atoms with E-state index in [4.69, 9.17) is 21.7 Å². The van der Waals surface area contributed by atoms with E-state index in [1.807, 2.05) is 12.1 Å². The van der Waals surface area contributed by atoms with Crippen molar-refractivity contribution < 1.29 is 23.5 Å². The molecular weight excluding hydrogens is 535 g/mol. The number of ether oxygens (including phenoxy) is 2. The lowest BCUT2D eigenvalue weighted by molar-refractivity contribution is -0.121. The third-order valence-corrected chi connectivity index (χ3v) is 7.69. The van der Waals surface area contributed by atoms with Gasteiger partial charge in [-0.25, -0.2) is 13.9 Å². The van der Waals surface area contributed by atoms with Crippen molar-refractivity contribution in [1.29, 1.82) is 0 Å². The lowest BCUT2D eigenvalue weighted by Crippen LogP contribution is -2.47. The summed E-state index contributed by atoms with van der Waals surface area (Å²) in [5, 5.41) is 6.90. The zero-order chi connectivity index (χ0) is 28.2. The molecule has 212 valence electrons. The van der Waals surface area contributed by atoms with Gasteiger partial charge in [-0.2, -0.15) is 0 Å². The number of carbonyl (C=O) groups excluding carboxylic acids is 2. The number of nitrogens with zero attached hydrogens (tertiary/aromatic N) is 4. The zero-order valence-electron chi connectivity index (χ0n) is 22.6. The Balaban J connectivity index is 1.07. The Labute approximate surface area is 237 Å². The number of nitrogens with one attached hydrogen (secondary N) is 2. The number of aromatic nitrogens is 2. The number of amides is 1. The highest BCUT2D eigenvalue weighted by Crippen LogP contribution is 2.36. The first-order chi connectivity index (χ1) is 19.4. The molecule has 0 spiro atoms. The minimum atomic E-state index is -0.578. The van der Waals surface area contributed by atoms with Gasteiger partial charge in [-0.15, -0.1) is 0 Å². The molecule has 5 rings (SSSR count). The maximum atomic E-state index is 13.2. The number of hydrogen-bond donors (Lipinski definition) is 2. The van der Waals surface area contributed by atoms with Gasteiger partial charge in [0.15, 0.2) is 11.5 Å². The smallest absolute Gasteiger partial charge is 0.257 e. The molecule has 2 aliphatic heterocycles. The molecule has 10 nitrogen and oxygen atoms in total. The average molecular weight is 569 g/mol. The number of halogens is 1. The van der Waals surface area contributed by atoms with Crippen molar-refractivity contribution in [3.05, 3.63) is 47.0 Å². The van der Waals surface area contributed by atoms with Crippen LogP contribution in [0, 0.1) is 10.6 Å². The van der Waals surface area contributed by atoms with Crippen LogP contribution < -0.4 is 25.0 Å². The fourth-order valence-corrected chi connectivity index (χ4v) is 5.50. The molecule has 2 N–H and O–H groups in total. The number of methoxy groups -OCH3 is 2. The quantitative estimate of drug-likeness (QED) is 0.281. The molecule has 0 saturated carbocycles. The Morgan fingerprint density at radius 1 is 1.12 bits per heavy atom. The second-order valence-electron chi connectivity index (χ2n) is 9.89. The highest BCUT2D eigenvalue weighted by atomic mass is 32.1. The van der Waals surface area contributed by atoms with Crippen molar-refractivity contribution in [2.24, 2.45) is 0 Å². The highest BCUT2D eigenvalue weighted by Gasteiger charge is 2.32. The molecule has 12 heteroatoms. The molecule has 0 bridgehead atoms. The lowest BCUT2D eigenvalue weighted by Gasteiger charge is -2.36. The fourth-order valence-electron chi connectivity index (χ4n) is 5.22. The van der Waals surface area contributed by atoms with Gasteiger partial charge in [-0.1, -0.05) is 0 Å². The summed E-state index contributed by atoms with van der Waals surface area (Å²) in [7, 11) is 3.09. The van der Waals surface area contributed by atoms with E-state index in [2.05, 4.69) is 25.4 Å². The summed E-state index contributed by atoms with van der Waals surface area (Å²) in [5.41, 5.74) is 1.63. The largest absolute Gasteiger partial charge is 0.493 e. The van der Waals surface area contributed by atoms with Gasteiger partial charge >= 0.3 is 0 Å². The molecule has 1 atom stereocenters. The third kappa shape index (κ3) is 5.87. The topological polar surface area (TPSA) is 101 Å². The number of hydrogen-bond acceptors (Lipinski definition) is 9. The van der Waals surface area contributed by atoms with Crippen LogP contribution in [-0.4, -0.2) is 85.8 Å². The Bertz CT molecular complexity index is 1460. The predicted molar refractivity (Wildman–Crippen MR) is 154 cm³/mol. The Morgan fingerprint density at radius 3 is 2.52 bits per heavy atom. The normalized spacial score (nSPS) is 17.0. The van der Waals surface area contributed by atoms with Gasteiger partial charge in [0.1, 0.15) is 17.7 Å². The minimum Gasteiger partial charge on any atom is -0.493 e. The number of benzene rings is 2. The van der Waals surface area contributed by atoms with Gasteiger partial charge < -0.3 is 25.0 Å². The van der Waals surface area contributed by atoms with Crippen LogP contribution in [-0.2, 0) is 4.79 Å². The molecule has 1 amide bonds. The van der Waals surface area contributed by atoms with Gasteiger partial charge in [0.05, 0.1) is 19.7 Å². The van der Waals surface area contributed by atoms with Crippen LogP contribution in [0.25, 0.3) is 10.9 Å². The minimum absolute atomic E-state index is 0.0929. The van der Waals surface area contributed by atoms with E-state index in [0.29, 0.717) is 41.2 Å². The van der Waals surface area contributed by atoms with E-state index in [1.54, 1.807) is 26.4 Å². The third-order valence-electron chi connectivity index (χ3n) is 7.41. The number of piperazine rings is 1. The predicted octanol–water partition coefficient (Wildman–Crippen LogP) is 3.47. The van der Waals surface area contributed by atoms with Crippen LogP contribution in [0.2, 0.25) is 0 Å². The van der Waals surface area contributed by atoms with Crippen LogP contribution in [0.4, 0.5) is 15.9 Å². The van der Waals surface area contributed by atoms with Crippen LogP contribution >= 0.6 is 12.2 Å². The van der Waals surface area contributed by atoms with Crippen molar-refractivity contribution in [2.75, 3.05) is 63.7 Å². The summed E-state index contributed by atoms with van der Waals surface area (Å²) in [6.45, 7) is 5.08. The average Bonchev–Trinajstić information content (AvgIpc) is 3.31. The molecule has 2 aromatic carbocycles. The first kappa shape index (κ1) is 27.8. The van der Waals surface area contributed by atoms with Gasteiger partial charge in [0, 0.05) is 56.3 Å². The molecule has 0 radical (unpaired) electrons. The standard InChI is InChI=1S/C28H33FN6O4S/c1-38-23-16-20-22(17-24(23)39-2)32-28(40)35-26(20)31-21(27(35)37)8-9-25(36)30-10-3-11-33-12-14-34(15-13-33)19-6-4-18(29)5-7-19/h4-7,16-17,21,31H,3,8-15H2,1-2H3,(H,30,36). The van der Waals surface area contributed by atoms with Crippen LogP contribution in [0.15, 0.2) is 36.4 Å². The van der Waals surface area contributed by atoms with Gasteiger partial charge in [-0.3, -0.25) is 14.5 Å². The highest BCUT2D eigenvalue weighted by molar-refractivity contribution is 7.71. The summed E-state index contributed by atoms with van der Waals surface area (Å²) in [6, 6.07) is 9.52. The van der Waals surface area contributed by atoms with Crippen molar-refractivity contribution in [1.82, 2.24) is 19.8 Å². The van der Waals surface area contributed by atoms with Crippen molar-refractivity contribution in [3.8, 4) is 11.5 Å². The SMILES string of the molecule is COc1cc2nc(=S)n3c(c2cc1OC)NC(CCC(=O)NCCCN1CCN(c2ccc(F)cc2)CC1)C3=O. The molecule has 1 fully saturated rings. The van der Waals surface area contributed by atoms with Crippen LogP contribution in [0.1, 0.15) is 24.1 Å². The molecule has 0 aliphatic carbocycles. The zero-order valence-corrected chi connectivity index (χ0v) is 23.4. The van der Waals surface area contributed by atoms with E-state index in [-0.39, 0.29) is 28.8 Å². The summed E-state index contributed by atoms with van der Waals surface area (Å²) >= 11 is 5.39. The molecule has 1 saturated heterocycles. The Hall–Kier alpha value is -3.77. The van der Waals surface area contributed by atoms with Crippen LogP contribution in [0.5, 0.6) is 11.5 Å². The van der Waals surface area contributed by atoms with Crippen molar-refractivity contribution >= 4 is 46.4 Å². The first-order valence-electron chi connectivity index (χ1n) is 13.4. The van der Waals surface area contributed by atoms with Crippen molar-refractivity contribution in [2.45, 2.75) is 25.3 Å². The van der Waals surface area contributed by atoms with E-state index < -0.39 is 6.04 Å². The maximum Gasteiger partial charge on any atom is 0.257 e. The molecule has 1 aromatic heterocycles. The van der Waals surface area contributed by atoms with Gasteiger partial charge in [-0.05, 0) is 61.9 Å². The van der Waals surface area contributed by atoms with E-state index in [1.165, 1.54) is 16.7 Å². The second kappa shape index (κ2) is 12.2. The molecular formula is C28H33FN6O4S. The number of carbonyl (C=O) groups is 2. The second-order valence-corrected chi connectivity index (χ2v) is 10.3. The molecule has 2 aliphatic rings. The Kier molecular flexibility index (Phi) is 8.46. The van der Waals surface area contributed by atoms with Gasteiger partial charge in [0.25, 0.3) is 5.91 Å². The summed E-state index contributed by atoms with van der Waals surface area (Å²) < 4.78 is 25.5. The monoisotopic (exact) mass is 568 g/mol. The van der Waals surface area contributed by atoms with Crippen LogP contribution in [0.3, 0.4) is 0 Å². The maximum absolute atomic E-state index is 13.2. The molecule has 40 heavy (non-hydrogen) atoms. The Morgan fingerprint density at radius 2 is 1.82 bits per heavy atom. The number of fused-ring (bicyclic) bond motifs is 3. The lowest BCUT2D eigenvalue weighted by atomic mass is 10.1. The van der Waals surface area contributed by atoms with Crippen molar-refractivity contribution in [3.63, 3.8) is 0 Å². The van der Waals surface area contributed by atoms with E-state index in [0.717, 1.165) is 44.8 Å². The molecule has 3 heterocycles. The molecule has 1 unspecified atom stereocenters. The number of anilines is 2. The fraction of sp³-hybridized carbons (Fsp3) is 0.429.